The highest BCUT2D eigenvalue weighted by molar-refractivity contribution is 9.10. The van der Waals surface area contributed by atoms with Gasteiger partial charge >= 0.3 is 0 Å². The second-order valence-corrected chi connectivity index (χ2v) is 4.54. The van der Waals surface area contributed by atoms with Gasteiger partial charge in [-0.2, -0.15) is 0 Å². The fraction of sp³-hybridized carbons (Fsp3) is 0.417. The van der Waals surface area contributed by atoms with E-state index in [4.69, 9.17) is 15.2 Å². The highest BCUT2D eigenvalue weighted by Crippen LogP contribution is 2.28. The molecule has 3 N–H and O–H groups in total. The lowest BCUT2D eigenvalue weighted by atomic mass is 10.2. The lowest BCUT2D eigenvalue weighted by Gasteiger charge is -2.14. The van der Waals surface area contributed by atoms with E-state index in [2.05, 4.69) is 21.2 Å². The molecule has 0 bridgehead atoms. The Labute approximate surface area is 115 Å². The Hall–Kier alpha value is -1.11. The van der Waals surface area contributed by atoms with Crippen molar-refractivity contribution in [3.8, 4) is 5.75 Å². The van der Waals surface area contributed by atoms with Crippen LogP contribution in [0, 0.1) is 0 Å². The summed E-state index contributed by atoms with van der Waals surface area (Å²) in [6.07, 6.45) is 0. The number of anilines is 1. The number of hydrogen-bond acceptors (Lipinski definition) is 4. The van der Waals surface area contributed by atoms with Crippen LogP contribution < -0.4 is 15.8 Å². The number of hydrogen-bond donors (Lipinski definition) is 2. The summed E-state index contributed by atoms with van der Waals surface area (Å²) in [5.41, 5.74) is 6.24. The van der Waals surface area contributed by atoms with Gasteiger partial charge < -0.3 is 20.5 Å². The molecule has 0 aromatic heterocycles. The van der Waals surface area contributed by atoms with Crippen LogP contribution in [0.2, 0.25) is 0 Å². The van der Waals surface area contributed by atoms with Gasteiger partial charge in [-0.05, 0) is 25.1 Å². The van der Waals surface area contributed by atoms with Crippen LogP contribution in [0.15, 0.2) is 22.7 Å². The van der Waals surface area contributed by atoms with E-state index in [0.29, 0.717) is 18.0 Å². The first kappa shape index (κ1) is 14.9. The highest BCUT2D eigenvalue weighted by atomic mass is 79.9. The predicted octanol–water partition coefficient (Wildman–Crippen LogP) is 1.76. The number of methoxy groups -OCH3 is 1. The van der Waals surface area contributed by atoms with E-state index in [1.807, 2.05) is 13.0 Å². The van der Waals surface area contributed by atoms with Gasteiger partial charge in [0.2, 0.25) is 5.91 Å². The monoisotopic (exact) mass is 316 g/mol. The zero-order chi connectivity index (χ0) is 13.5. The number of rotatable bonds is 6. The average molecular weight is 317 g/mol. The van der Waals surface area contributed by atoms with Crippen LogP contribution in [-0.4, -0.2) is 32.3 Å². The molecular formula is C12H17BrN2O3. The molecule has 0 heterocycles. The van der Waals surface area contributed by atoms with Gasteiger partial charge in [0.25, 0.3) is 0 Å². The van der Waals surface area contributed by atoms with Crippen molar-refractivity contribution >= 4 is 27.5 Å². The second-order valence-electron chi connectivity index (χ2n) is 3.62. The first-order valence-corrected chi connectivity index (χ1v) is 6.35. The van der Waals surface area contributed by atoms with E-state index >= 15 is 0 Å². The van der Waals surface area contributed by atoms with E-state index < -0.39 is 6.04 Å². The van der Waals surface area contributed by atoms with Crippen molar-refractivity contribution in [2.24, 2.45) is 5.73 Å². The molecule has 1 unspecified atom stereocenters. The third kappa shape index (κ3) is 4.29. The maximum Gasteiger partial charge on any atom is 0.243 e. The predicted molar refractivity (Wildman–Crippen MR) is 73.8 cm³/mol. The summed E-state index contributed by atoms with van der Waals surface area (Å²) in [5.74, 6) is 0.296. The second kappa shape index (κ2) is 7.35. The van der Waals surface area contributed by atoms with Crippen LogP contribution in [0.5, 0.6) is 5.75 Å². The van der Waals surface area contributed by atoms with Crippen molar-refractivity contribution in [3.63, 3.8) is 0 Å². The van der Waals surface area contributed by atoms with Gasteiger partial charge in [0.1, 0.15) is 11.8 Å². The van der Waals surface area contributed by atoms with E-state index in [-0.39, 0.29) is 12.5 Å². The topological polar surface area (TPSA) is 73.6 Å². The van der Waals surface area contributed by atoms with Gasteiger partial charge in [-0.15, -0.1) is 0 Å². The third-order valence-corrected chi connectivity index (χ3v) is 2.68. The van der Waals surface area contributed by atoms with Gasteiger partial charge in [-0.25, -0.2) is 0 Å². The Kier molecular flexibility index (Phi) is 6.11. The number of benzene rings is 1. The Balaban J connectivity index is 2.80. The molecule has 5 nitrogen and oxygen atoms in total. The molecule has 6 heteroatoms. The summed E-state index contributed by atoms with van der Waals surface area (Å²) < 4.78 is 11.2. The maximum atomic E-state index is 11.8. The van der Waals surface area contributed by atoms with Crippen LogP contribution in [0.25, 0.3) is 0 Å². The van der Waals surface area contributed by atoms with Crippen LogP contribution in [-0.2, 0) is 9.53 Å². The molecule has 1 aromatic carbocycles. The highest BCUT2D eigenvalue weighted by Gasteiger charge is 2.15. The van der Waals surface area contributed by atoms with Crippen molar-refractivity contribution in [1.29, 1.82) is 0 Å². The molecule has 0 saturated heterocycles. The van der Waals surface area contributed by atoms with Gasteiger partial charge in [0.15, 0.2) is 0 Å². The van der Waals surface area contributed by atoms with Gasteiger partial charge in [0.05, 0.1) is 18.9 Å². The number of nitrogens with two attached hydrogens (primary N) is 1. The van der Waals surface area contributed by atoms with Crippen molar-refractivity contribution in [3.05, 3.63) is 22.7 Å². The molecule has 1 atom stereocenters. The molecule has 18 heavy (non-hydrogen) atoms. The number of nitrogens with one attached hydrogen (secondary N) is 1. The molecule has 100 valence electrons. The quantitative estimate of drug-likeness (QED) is 0.838. The number of carbonyl (C=O) groups excluding carboxylic acids is 1. The smallest absolute Gasteiger partial charge is 0.243 e. The first-order chi connectivity index (χ1) is 8.58. The minimum atomic E-state index is -0.701. The van der Waals surface area contributed by atoms with E-state index in [0.717, 1.165) is 4.47 Å². The number of halogens is 1. The molecule has 1 aromatic rings. The van der Waals surface area contributed by atoms with Gasteiger partial charge in [-0.1, -0.05) is 15.9 Å². The summed E-state index contributed by atoms with van der Waals surface area (Å²) in [5, 5.41) is 2.72. The Bertz CT molecular complexity index is 412. The van der Waals surface area contributed by atoms with Gasteiger partial charge in [0, 0.05) is 11.6 Å². The fourth-order valence-electron chi connectivity index (χ4n) is 1.36. The normalized spacial score (nSPS) is 12.0. The average Bonchev–Trinajstić information content (AvgIpc) is 2.33. The Morgan fingerprint density at radius 1 is 1.56 bits per heavy atom. The lowest BCUT2D eigenvalue weighted by molar-refractivity contribution is -0.118. The largest absolute Gasteiger partial charge is 0.492 e. The summed E-state index contributed by atoms with van der Waals surface area (Å²) in [7, 11) is 1.50. The zero-order valence-electron chi connectivity index (χ0n) is 10.4. The lowest BCUT2D eigenvalue weighted by Crippen LogP contribution is -2.39. The van der Waals surface area contributed by atoms with Crippen molar-refractivity contribution in [1.82, 2.24) is 0 Å². The molecule has 1 rings (SSSR count). The van der Waals surface area contributed by atoms with E-state index in [9.17, 15) is 4.79 Å². The number of carbonyl (C=O) groups is 1. The summed E-state index contributed by atoms with van der Waals surface area (Å²) in [6.45, 7) is 2.57. The number of ether oxygens (including phenoxy) is 2. The maximum absolute atomic E-state index is 11.8. The Morgan fingerprint density at radius 2 is 2.28 bits per heavy atom. The summed E-state index contributed by atoms with van der Waals surface area (Å²) in [4.78, 5) is 11.8. The SMILES string of the molecule is CCOc1cc(Br)ccc1NC(=O)C(N)COC. The Morgan fingerprint density at radius 3 is 2.89 bits per heavy atom. The molecule has 0 radical (unpaired) electrons. The van der Waals surface area contributed by atoms with E-state index in [1.165, 1.54) is 7.11 Å². The molecular weight excluding hydrogens is 300 g/mol. The minimum absolute atomic E-state index is 0.173. The van der Waals surface area contributed by atoms with Crippen molar-refractivity contribution in [2.45, 2.75) is 13.0 Å². The molecule has 0 fully saturated rings. The fourth-order valence-corrected chi connectivity index (χ4v) is 1.70. The molecule has 0 spiro atoms. The van der Waals surface area contributed by atoms with Crippen molar-refractivity contribution < 1.29 is 14.3 Å². The van der Waals surface area contributed by atoms with E-state index in [1.54, 1.807) is 12.1 Å². The van der Waals surface area contributed by atoms with Crippen LogP contribution in [0.4, 0.5) is 5.69 Å². The van der Waals surface area contributed by atoms with Crippen LogP contribution in [0.3, 0.4) is 0 Å². The van der Waals surface area contributed by atoms with Crippen molar-refractivity contribution in [2.75, 3.05) is 25.6 Å². The molecule has 0 aliphatic rings. The van der Waals surface area contributed by atoms with Crippen LogP contribution in [0.1, 0.15) is 6.92 Å². The summed E-state index contributed by atoms with van der Waals surface area (Å²) in [6, 6.07) is 4.67. The molecule has 0 aliphatic heterocycles. The minimum Gasteiger partial charge on any atom is -0.492 e. The molecule has 0 aliphatic carbocycles. The molecule has 1 amide bonds. The van der Waals surface area contributed by atoms with Crippen LogP contribution >= 0.6 is 15.9 Å². The number of amides is 1. The van der Waals surface area contributed by atoms with Gasteiger partial charge in [-0.3, -0.25) is 4.79 Å². The zero-order valence-corrected chi connectivity index (χ0v) is 12.0. The summed E-state index contributed by atoms with van der Waals surface area (Å²) >= 11 is 3.35. The third-order valence-electron chi connectivity index (χ3n) is 2.18. The standard InChI is InChI=1S/C12H17BrN2O3/c1-3-18-11-6-8(13)4-5-10(11)15-12(16)9(14)7-17-2/h4-6,9H,3,7,14H2,1-2H3,(H,15,16). The first-order valence-electron chi connectivity index (χ1n) is 5.56. The molecule has 0 saturated carbocycles.